The number of rotatable bonds is 8. The minimum absolute atomic E-state index is 0.162. The molecule has 1 N–H and O–H groups in total. The molecule has 0 spiro atoms. The number of carbonyl (C=O) groups is 2. The third kappa shape index (κ3) is 8.56. The molecule has 0 aliphatic carbocycles. The van der Waals surface area contributed by atoms with Crippen molar-refractivity contribution in [1.82, 2.24) is 10.2 Å². The molecular formula is C23H29BrIN3O4S. The molecule has 0 radical (unpaired) electrons. The molecule has 33 heavy (non-hydrogen) atoms. The number of hydrogen-bond donors (Lipinski definition) is 1. The van der Waals surface area contributed by atoms with E-state index in [-0.39, 0.29) is 12.5 Å². The lowest BCUT2D eigenvalue weighted by Crippen LogP contribution is -2.54. The molecule has 1 unspecified atom stereocenters. The van der Waals surface area contributed by atoms with Crippen molar-refractivity contribution >= 4 is 66.0 Å². The maximum Gasteiger partial charge on any atom is 0.244 e. The zero-order valence-corrected chi connectivity index (χ0v) is 23.9. The van der Waals surface area contributed by atoms with E-state index in [0.29, 0.717) is 5.69 Å². The molecule has 2 amide bonds. The van der Waals surface area contributed by atoms with Crippen LogP contribution in [-0.4, -0.2) is 49.5 Å². The number of amides is 2. The predicted molar refractivity (Wildman–Crippen MR) is 143 cm³/mol. The van der Waals surface area contributed by atoms with Gasteiger partial charge in [0.1, 0.15) is 12.6 Å². The molecule has 10 heteroatoms. The smallest absolute Gasteiger partial charge is 0.244 e. The van der Waals surface area contributed by atoms with Gasteiger partial charge >= 0.3 is 0 Å². The third-order valence-electron chi connectivity index (χ3n) is 4.73. The van der Waals surface area contributed by atoms with Crippen molar-refractivity contribution in [3.05, 3.63) is 62.1 Å². The number of carbonyl (C=O) groups excluding carboxylic acids is 2. The summed E-state index contributed by atoms with van der Waals surface area (Å²) in [6, 6.07) is 13.5. The first-order chi connectivity index (χ1) is 15.2. The second-order valence-corrected chi connectivity index (χ2v) is 12.9. The molecule has 0 aliphatic rings. The number of sulfonamides is 1. The van der Waals surface area contributed by atoms with Gasteiger partial charge in [0.2, 0.25) is 21.8 Å². The van der Waals surface area contributed by atoms with E-state index in [0.717, 1.165) is 24.2 Å². The second-order valence-electron chi connectivity index (χ2n) is 8.81. The van der Waals surface area contributed by atoms with Crippen LogP contribution in [0, 0.1) is 3.57 Å². The quantitative estimate of drug-likeness (QED) is 0.436. The average Bonchev–Trinajstić information content (AvgIpc) is 2.69. The first-order valence-electron chi connectivity index (χ1n) is 10.3. The van der Waals surface area contributed by atoms with Crippen LogP contribution in [0.3, 0.4) is 0 Å². The average molecular weight is 650 g/mol. The topological polar surface area (TPSA) is 86.8 Å². The van der Waals surface area contributed by atoms with Crippen molar-refractivity contribution in [2.24, 2.45) is 0 Å². The van der Waals surface area contributed by atoms with Gasteiger partial charge in [0.05, 0.1) is 11.9 Å². The summed E-state index contributed by atoms with van der Waals surface area (Å²) < 4.78 is 28.0. The summed E-state index contributed by atoms with van der Waals surface area (Å²) in [5, 5.41) is 2.90. The van der Waals surface area contributed by atoms with Crippen LogP contribution >= 0.6 is 38.5 Å². The first kappa shape index (κ1) is 27.6. The van der Waals surface area contributed by atoms with Crippen LogP contribution < -0.4 is 9.62 Å². The number of hydrogen-bond acceptors (Lipinski definition) is 4. The van der Waals surface area contributed by atoms with Gasteiger partial charge in [0, 0.05) is 20.1 Å². The zero-order valence-electron chi connectivity index (χ0n) is 19.3. The molecular weight excluding hydrogens is 621 g/mol. The highest BCUT2D eigenvalue weighted by atomic mass is 127. The van der Waals surface area contributed by atoms with Crippen LogP contribution in [0.4, 0.5) is 5.69 Å². The van der Waals surface area contributed by atoms with Gasteiger partial charge in [0.15, 0.2) is 0 Å². The minimum atomic E-state index is -3.74. The van der Waals surface area contributed by atoms with Crippen LogP contribution in [0.25, 0.3) is 0 Å². The van der Waals surface area contributed by atoms with Crippen molar-refractivity contribution in [3.8, 4) is 0 Å². The van der Waals surface area contributed by atoms with Gasteiger partial charge in [-0.2, -0.15) is 0 Å². The van der Waals surface area contributed by atoms with Crippen molar-refractivity contribution in [3.63, 3.8) is 0 Å². The second kappa shape index (κ2) is 11.2. The monoisotopic (exact) mass is 649 g/mol. The van der Waals surface area contributed by atoms with Gasteiger partial charge < -0.3 is 10.2 Å². The maximum absolute atomic E-state index is 13.5. The van der Waals surface area contributed by atoms with Gasteiger partial charge in [-0.25, -0.2) is 8.42 Å². The van der Waals surface area contributed by atoms with E-state index in [1.165, 1.54) is 4.90 Å². The largest absolute Gasteiger partial charge is 0.350 e. The molecule has 2 rings (SSSR count). The Hall–Kier alpha value is -1.66. The minimum Gasteiger partial charge on any atom is -0.350 e. The highest BCUT2D eigenvalue weighted by Gasteiger charge is 2.31. The fourth-order valence-electron chi connectivity index (χ4n) is 3.06. The summed E-state index contributed by atoms with van der Waals surface area (Å²) in [7, 11) is -3.74. The Kier molecular flexibility index (Phi) is 9.34. The number of halogens is 2. The van der Waals surface area contributed by atoms with E-state index in [1.807, 2.05) is 45.0 Å². The van der Waals surface area contributed by atoms with E-state index in [1.54, 1.807) is 31.2 Å². The Balaban J connectivity index is 2.38. The van der Waals surface area contributed by atoms with E-state index in [4.69, 9.17) is 0 Å². The first-order valence-corrected chi connectivity index (χ1v) is 14.0. The fraction of sp³-hybridized carbons (Fsp3) is 0.391. The normalized spacial score (nSPS) is 12.7. The van der Waals surface area contributed by atoms with Gasteiger partial charge in [-0.05, 0) is 92.2 Å². The van der Waals surface area contributed by atoms with Gasteiger partial charge in [0.25, 0.3) is 0 Å². The molecule has 0 heterocycles. The molecule has 2 aromatic rings. The SMILES string of the molecule is CC(C(=O)NC(C)(C)C)N(Cc1ccc(Br)cc1)C(=O)CN(c1ccc(I)cc1)S(C)(=O)=O. The maximum atomic E-state index is 13.5. The summed E-state index contributed by atoms with van der Waals surface area (Å²) in [4.78, 5) is 27.8. The van der Waals surface area contributed by atoms with Crippen molar-refractivity contribution in [2.75, 3.05) is 17.1 Å². The lowest BCUT2D eigenvalue weighted by Gasteiger charge is -2.33. The van der Waals surface area contributed by atoms with Crippen LogP contribution in [0.15, 0.2) is 53.0 Å². The Morgan fingerprint density at radius 2 is 1.61 bits per heavy atom. The lowest BCUT2D eigenvalue weighted by molar-refractivity contribution is -0.140. The summed E-state index contributed by atoms with van der Waals surface area (Å²) >= 11 is 5.52. The Labute approximate surface area is 218 Å². The summed E-state index contributed by atoms with van der Waals surface area (Å²) in [5.74, 6) is -0.786. The van der Waals surface area contributed by atoms with Crippen LogP contribution in [0.5, 0.6) is 0 Å². The van der Waals surface area contributed by atoms with E-state index < -0.39 is 34.1 Å². The van der Waals surface area contributed by atoms with Crippen LogP contribution in [0.1, 0.15) is 33.3 Å². The fourth-order valence-corrected chi connectivity index (χ4v) is 4.54. The molecule has 2 aromatic carbocycles. The summed E-state index contributed by atoms with van der Waals surface area (Å²) in [5.41, 5.74) is 0.737. The lowest BCUT2D eigenvalue weighted by atomic mass is 10.1. The summed E-state index contributed by atoms with van der Waals surface area (Å²) in [6.45, 7) is 6.98. The highest BCUT2D eigenvalue weighted by molar-refractivity contribution is 14.1. The van der Waals surface area contributed by atoms with Crippen molar-refractivity contribution in [1.29, 1.82) is 0 Å². The molecule has 0 aliphatic heterocycles. The van der Waals surface area contributed by atoms with Crippen LogP contribution in [-0.2, 0) is 26.2 Å². The van der Waals surface area contributed by atoms with E-state index >= 15 is 0 Å². The molecule has 0 saturated carbocycles. The number of anilines is 1. The number of benzene rings is 2. The molecule has 0 saturated heterocycles. The molecule has 0 fully saturated rings. The Morgan fingerprint density at radius 1 is 1.06 bits per heavy atom. The highest BCUT2D eigenvalue weighted by Crippen LogP contribution is 2.21. The van der Waals surface area contributed by atoms with E-state index in [2.05, 4.69) is 43.8 Å². The molecule has 180 valence electrons. The Bertz CT molecular complexity index is 1080. The van der Waals surface area contributed by atoms with Gasteiger partial charge in [-0.1, -0.05) is 28.1 Å². The molecule has 0 bridgehead atoms. The van der Waals surface area contributed by atoms with Crippen molar-refractivity contribution in [2.45, 2.75) is 45.8 Å². The zero-order chi connectivity index (χ0) is 25.0. The van der Waals surface area contributed by atoms with Gasteiger partial charge in [-0.3, -0.25) is 13.9 Å². The van der Waals surface area contributed by atoms with Gasteiger partial charge in [-0.15, -0.1) is 0 Å². The third-order valence-corrected chi connectivity index (χ3v) is 7.11. The standard InChI is InChI=1S/C23H29BrIN3O4S/c1-16(22(30)26-23(2,3)4)27(14-17-6-8-18(24)9-7-17)21(29)15-28(33(5,31)32)20-12-10-19(25)11-13-20/h6-13,16H,14-15H2,1-5H3,(H,26,30). The molecule has 0 aromatic heterocycles. The van der Waals surface area contributed by atoms with E-state index in [9.17, 15) is 18.0 Å². The van der Waals surface area contributed by atoms with Crippen molar-refractivity contribution < 1.29 is 18.0 Å². The number of nitrogens with one attached hydrogen (secondary N) is 1. The Morgan fingerprint density at radius 3 is 2.09 bits per heavy atom. The summed E-state index contributed by atoms with van der Waals surface area (Å²) in [6.07, 6.45) is 1.06. The molecule has 7 nitrogen and oxygen atoms in total. The van der Waals surface area contributed by atoms with Crippen LogP contribution in [0.2, 0.25) is 0 Å². The molecule has 1 atom stereocenters. The predicted octanol–water partition coefficient (Wildman–Crippen LogP) is 4.15. The number of nitrogens with zero attached hydrogens (tertiary/aromatic N) is 2.